The molecule has 30 heavy (non-hydrogen) atoms. The quantitative estimate of drug-likeness (QED) is 0.225. The molecule has 1 aliphatic rings. The minimum atomic E-state index is -0.826. The second kappa shape index (κ2) is 10.7. The van der Waals surface area contributed by atoms with E-state index in [-0.39, 0.29) is 0 Å². The fraction of sp³-hybridized carbons (Fsp3) is 0.192. The van der Waals surface area contributed by atoms with Crippen LogP contribution in [0, 0.1) is 12.0 Å². The maximum atomic E-state index is 4.93. The zero-order valence-electron chi connectivity index (χ0n) is 17.7. The Morgan fingerprint density at radius 3 is 1.87 bits per heavy atom. The van der Waals surface area contributed by atoms with Crippen molar-refractivity contribution in [1.82, 2.24) is 4.57 Å². The summed E-state index contributed by atoms with van der Waals surface area (Å²) in [5, 5.41) is 5.15. The Morgan fingerprint density at radius 1 is 0.900 bits per heavy atom. The molecule has 4 heteroatoms. The van der Waals surface area contributed by atoms with Crippen LogP contribution in [-0.2, 0) is 20.8 Å². The van der Waals surface area contributed by atoms with Crippen LogP contribution in [0.2, 0.25) is 0 Å². The second-order valence-electron chi connectivity index (χ2n) is 7.51. The zero-order chi connectivity index (χ0) is 21.7. The molecule has 1 unspecified atom stereocenters. The number of rotatable bonds is 1. The molecule has 5 rings (SSSR count). The molecular formula is C26H25Cl2NZr. The number of halogens is 2. The summed E-state index contributed by atoms with van der Waals surface area (Å²) in [4.78, 5) is 0. The van der Waals surface area contributed by atoms with Crippen LogP contribution >= 0.6 is 17.0 Å². The molecule has 152 valence electrons. The Morgan fingerprint density at radius 2 is 1.43 bits per heavy atom. The first-order valence-corrected chi connectivity index (χ1v) is 16.2. The normalized spacial score (nSPS) is 15.3. The summed E-state index contributed by atoms with van der Waals surface area (Å²) in [6.07, 6.45) is 7.73. The fourth-order valence-corrected chi connectivity index (χ4v) is 3.68. The van der Waals surface area contributed by atoms with Gasteiger partial charge in [-0.15, -0.1) is 48.0 Å². The van der Waals surface area contributed by atoms with Crippen LogP contribution in [0.1, 0.15) is 27.7 Å². The third kappa shape index (κ3) is 5.41. The van der Waals surface area contributed by atoms with Crippen LogP contribution in [0.3, 0.4) is 0 Å². The van der Waals surface area contributed by atoms with Gasteiger partial charge in [-0.1, -0.05) is 57.0 Å². The zero-order valence-corrected chi connectivity index (χ0v) is 21.7. The summed E-state index contributed by atoms with van der Waals surface area (Å²) in [7, 11) is 9.87. The number of aromatic nitrogens is 1. The summed E-state index contributed by atoms with van der Waals surface area (Å²) < 4.78 is 2.20. The maximum absolute atomic E-state index is 4.93. The van der Waals surface area contributed by atoms with Gasteiger partial charge in [-0.25, -0.2) is 5.57 Å². The van der Waals surface area contributed by atoms with Gasteiger partial charge in [-0.3, -0.25) is 6.08 Å². The standard InChI is InChI=1S/C17H12N.C9H13.2ClH.Zr/c1-2-6-14-10-17(9-13(14)5-1)18-11-15-7-3-4-8-16(15)12-18;1-6-5-7(2)9(4)8(6)3;;;/h1-12H;6H,1-4H3;2*1H;/q2*-1;;;+4/p-2. The number of benzene rings is 2. The van der Waals surface area contributed by atoms with Crippen molar-refractivity contribution in [3.63, 3.8) is 0 Å². The molecular weight excluding hydrogens is 488 g/mol. The molecule has 1 atom stereocenters. The van der Waals surface area contributed by atoms with E-state index >= 15 is 0 Å². The molecule has 0 saturated carbocycles. The number of nitrogens with zero attached hydrogens (tertiary/aromatic N) is 1. The van der Waals surface area contributed by atoms with Gasteiger partial charge in [0.05, 0.1) is 0 Å². The number of fused-ring (bicyclic) bond motifs is 2. The largest absolute Gasteiger partial charge is 0.341 e. The van der Waals surface area contributed by atoms with Crippen molar-refractivity contribution in [2.24, 2.45) is 5.92 Å². The number of allylic oxidation sites excluding steroid dienone is 4. The Balaban J connectivity index is 0.000000180. The van der Waals surface area contributed by atoms with Crippen LogP contribution in [0.15, 0.2) is 89.8 Å². The van der Waals surface area contributed by atoms with Gasteiger partial charge in [-0.05, 0) is 16.5 Å². The average molecular weight is 514 g/mol. The third-order valence-corrected chi connectivity index (χ3v) is 5.69. The summed E-state index contributed by atoms with van der Waals surface area (Å²) >= 11 is -0.826. The molecule has 3 aromatic carbocycles. The number of hydrogen-bond acceptors (Lipinski definition) is 0. The van der Waals surface area contributed by atoms with Crippen LogP contribution in [0.5, 0.6) is 0 Å². The van der Waals surface area contributed by atoms with E-state index in [2.05, 4.69) is 111 Å². The SMILES string of the molecule is CC1=[C-]C(C)C(C)=C1C.[Cl][Zr+2][Cl].c1ccc2cn(-c3cc4ccccc4[cH-]3)cc2c1. The van der Waals surface area contributed by atoms with Crippen LogP contribution in [0.4, 0.5) is 0 Å². The summed E-state index contributed by atoms with van der Waals surface area (Å²) in [6.45, 7) is 8.67. The van der Waals surface area contributed by atoms with Crippen molar-refractivity contribution in [3.8, 4) is 5.69 Å². The fourth-order valence-electron chi connectivity index (χ4n) is 3.68. The monoisotopic (exact) mass is 511 g/mol. The van der Waals surface area contributed by atoms with E-state index in [1.165, 1.54) is 44.0 Å². The smallest absolute Gasteiger partial charge is 0.0149 e. The predicted molar refractivity (Wildman–Crippen MR) is 128 cm³/mol. The van der Waals surface area contributed by atoms with Crippen molar-refractivity contribution in [2.45, 2.75) is 27.7 Å². The topological polar surface area (TPSA) is 4.93 Å². The third-order valence-electron chi connectivity index (χ3n) is 5.69. The van der Waals surface area contributed by atoms with E-state index < -0.39 is 20.8 Å². The molecule has 0 aliphatic heterocycles. The minimum absolute atomic E-state index is 0.560. The molecule has 0 saturated heterocycles. The van der Waals surface area contributed by atoms with E-state index in [4.69, 9.17) is 17.0 Å². The summed E-state index contributed by atoms with van der Waals surface area (Å²) in [5.41, 5.74) is 5.47. The maximum Gasteiger partial charge on any atom is 0.0149 e. The Hall–Kier alpha value is -1.47. The van der Waals surface area contributed by atoms with Crippen LogP contribution in [0.25, 0.3) is 27.2 Å². The van der Waals surface area contributed by atoms with Crippen molar-refractivity contribution < 1.29 is 20.8 Å². The molecule has 0 amide bonds. The number of hydrogen-bond donors (Lipinski definition) is 0. The average Bonchev–Trinajstić information content (AvgIpc) is 3.42. The van der Waals surface area contributed by atoms with Crippen LogP contribution in [-0.4, -0.2) is 4.57 Å². The Kier molecular flexibility index (Phi) is 8.29. The second-order valence-corrected chi connectivity index (χ2v) is 11.2. The molecule has 0 N–H and O–H groups in total. The molecule has 1 heterocycles. The van der Waals surface area contributed by atoms with Gasteiger partial charge in [0, 0.05) is 12.4 Å². The molecule has 1 aliphatic carbocycles. The van der Waals surface area contributed by atoms with Gasteiger partial charge in [0.2, 0.25) is 0 Å². The molecule has 0 bridgehead atoms. The first kappa shape index (κ1) is 23.2. The van der Waals surface area contributed by atoms with Crippen molar-refractivity contribution in [3.05, 3.63) is 95.9 Å². The van der Waals surface area contributed by atoms with Gasteiger partial charge < -0.3 is 4.57 Å². The van der Waals surface area contributed by atoms with Gasteiger partial charge in [-0.2, -0.15) is 11.1 Å². The van der Waals surface area contributed by atoms with Crippen molar-refractivity contribution in [2.75, 3.05) is 0 Å². The van der Waals surface area contributed by atoms with Crippen molar-refractivity contribution in [1.29, 1.82) is 0 Å². The van der Waals surface area contributed by atoms with Gasteiger partial charge >= 0.3 is 37.9 Å². The summed E-state index contributed by atoms with van der Waals surface area (Å²) in [6, 6.07) is 21.4. The molecule has 0 fully saturated rings. The summed E-state index contributed by atoms with van der Waals surface area (Å²) in [5.74, 6) is 0.560. The molecule has 0 radical (unpaired) electrons. The van der Waals surface area contributed by atoms with E-state index in [1.54, 1.807) is 0 Å². The van der Waals surface area contributed by atoms with E-state index in [0.29, 0.717) is 5.92 Å². The van der Waals surface area contributed by atoms with E-state index in [9.17, 15) is 0 Å². The Bertz CT molecular complexity index is 1060. The van der Waals surface area contributed by atoms with E-state index in [1.807, 2.05) is 0 Å². The predicted octanol–water partition coefficient (Wildman–Crippen LogP) is 8.60. The molecule has 1 nitrogen and oxygen atoms in total. The Labute approximate surface area is 198 Å². The van der Waals surface area contributed by atoms with Crippen LogP contribution < -0.4 is 0 Å². The first-order chi connectivity index (χ1) is 14.4. The van der Waals surface area contributed by atoms with Gasteiger partial charge in [0.15, 0.2) is 0 Å². The minimum Gasteiger partial charge on any atom is -0.341 e. The molecule has 0 spiro atoms. The molecule has 4 aromatic rings. The van der Waals surface area contributed by atoms with Crippen molar-refractivity contribution >= 4 is 38.6 Å². The van der Waals surface area contributed by atoms with E-state index in [0.717, 1.165) is 0 Å². The first-order valence-electron chi connectivity index (χ1n) is 9.91. The van der Waals surface area contributed by atoms with Gasteiger partial charge in [0.1, 0.15) is 0 Å². The molecule has 1 aromatic heterocycles. The van der Waals surface area contributed by atoms with Gasteiger partial charge in [0.25, 0.3) is 0 Å².